The number of unbranched alkanes of at least 4 members (excludes halogenated alkanes) is 3. The van der Waals surface area contributed by atoms with Crippen molar-refractivity contribution in [3.63, 3.8) is 0 Å². The van der Waals surface area contributed by atoms with E-state index in [1.54, 1.807) is 4.57 Å². The van der Waals surface area contributed by atoms with Crippen LogP contribution in [0.1, 0.15) is 86.6 Å². The second-order valence-electron chi connectivity index (χ2n) is 12.6. The van der Waals surface area contributed by atoms with Gasteiger partial charge in [0.2, 0.25) is 5.82 Å². The number of tetrazole rings is 1. The zero-order chi connectivity index (χ0) is 40.3. The Labute approximate surface area is 326 Å². The molecule has 20 heteroatoms. The van der Waals surface area contributed by atoms with E-state index in [-0.39, 0.29) is 75.9 Å². The number of imidazole rings is 1. The number of benzene rings is 2. The van der Waals surface area contributed by atoms with Crippen LogP contribution in [0, 0.1) is 26.1 Å². The van der Waals surface area contributed by atoms with Gasteiger partial charge in [0.15, 0.2) is 10.9 Å². The molecule has 1 unspecified atom stereocenters. The standard InChI is InChI=1S/C36H43ClN8O11/c1-2-3-12-31-38-34(37)33(43(31)24-25-13-15-26(16-14-25)28-10-4-5-11-29(28)35-39-41-42-40-35)30(46)23-27(36(48)54-20-7-9-22-56-45(51)52)17-18-32(47)53-19-6-8-21-55-44(49)50/h4-5,10-11,13-16,27H,2-3,6-9,12,17-24H2,1H3,(H,39,40,41,42). The van der Waals surface area contributed by atoms with Crippen LogP contribution < -0.4 is 0 Å². The molecule has 56 heavy (non-hydrogen) atoms. The van der Waals surface area contributed by atoms with Crippen LogP contribution in [0.4, 0.5) is 0 Å². The average Bonchev–Trinajstić information content (AvgIpc) is 3.83. The monoisotopic (exact) mass is 798 g/mol. The number of H-pyrrole nitrogens is 1. The van der Waals surface area contributed by atoms with Gasteiger partial charge in [-0.2, -0.15) is 5.21 Å². The predicted molar refractivity (Wildman–Crippen MR) is 198 cm³/mol. The summed E-state index contributed by atoms with van der Waals surface area (Å²) in [7, 11) is 0. The van der Waals surface area contributed by atoms with E-state index in [0.717, 1.165) is 35.1 Å². The second kappa shape index (κ2) is 22.4. The Balaban J connectivity index is 1.50. The quantitative estimate of drug-likeness (QED) is 0.0259. The largest absolute Gasteiger partial charge is 0.466 e. The van der Waals surface area contributed by atoms with Crippen LogP contribution >= 0.6 is 11.6 Å². The highest BCUT2D eigenvalue weighted by atomic mass is 35.5. The van der Waals surface area contributed by atoms with Crippen LogP contribution in [0.25, 0.3) is 22.5 Å². The lowest BCUT2D eigenvalue weighted by atomic mass is 9.95. The molecule has 0 saturated carbocycles. The molecule has 0 aliphatic heterocycles. The molecule has 0 aliphatic carbocycles. The molecule has 0 aliphatic rings. The fourth-order valence-corrected chi connectivity index (χ4v) is 6.06. The van der Waals surface area contributed by atoms with Crippen molar-refractivity contribution in [2.75, 3.05) is 26.4 Å². The summed E-state index contributed by atoms with van der Waals surface area (Å²) in [6, 6.07) is 15.4. The fourth-order valence-electron chi connectivity index (χ4n) is 5.76. The molecule has 2 aromatic heterocycles. The topological polar surface area (TPSA) is 247 Å². The summed E-state index contributed by atoms with van der Waals surface area (Å²) in [4.78, 5) is 73.7. The Bertz CT molecular complexity index is 1900. The maximum atomic E-state index is 14.1. The summed E-state index contributed by atoms with van der Waals surface area (Å²) in [5.41, 5.74) is 3.60. The van der Waals surface area contributed by atoms with E-state index in [2.05, 4.69) is 35.3 Å². The molecule has 2 heterocycles. The Kier molecular flexibility index (Phi) is 17.1. The lowest BCUT2D eigenvalue weighted by molar-refractivity contribution is -0.757. The van der Waals surface area contributed by atoms with E-state index < -0.39 is 33.8 Å². The summed E-state index contributed by atoms with van der Waals surface area (Å²) in [6.07, 6.45) is 2.69. The number of carbonyl (C=O) groups excluding carboxylic acids is 3. The van der Waals surface area contributed by atoms with Gasteiger partial charge in [-0.3, -0.25) is 14.4 Å². The molecule has 1 atom stereocenters. The molecule has 4 rings (SSSR count). The number of nitrogens with zero attached hydrogens (tertiary/aromatic N) is 7. The van der Waals surface area contributed by atoms with Crippen molar-refractivity contribution >= 4 is 29.3 Å². The van der Waals surface area contributed by atoms with Crippen molar-refractivity contribution in [3.8, 4) is 22.5 Å². The number of rotatable bonds is 26. The van der Waals surface area contributed by atoms with Gasteiger partial charge in [0.05, 0.1) is 32.3 Å². The third-order valence-corrected chi connectivity index (χ3v) is 8.84. The Morgan fingerprint density at radius 1 is 0.875 bits per heavy atom. The number of hydrogen-bond donors (Lipinski definition) is 1. The Hall–Kier alpha value is -5.98. The first-order chi connectivity index (χ1) is 27.1. The number of esters is 2. The number of ketones is 1. The van der Waals surface area contributed by atoms with Crippen molar-refractivity contribution in [1.29, 1.82) is 0 Å². The minimum absolute atomic E-state index is 0.00913. The smallest absolute Gasteiger partial charge is 0.309 e. The third-order valence-electron chi connectivity index (χ3n) is 8.58. The van der Waals surface area contributed by atoms with E-state index in [9.17, 15) is 34.6 Å². The molecule has 0 radical (unpaired) electrons. The molecular weight excluding hydrogens is 756 g/mol. The second-order valence-corrected chi connectivity index (χ2v) is 13.0. The number of hydrogen-bond acceptors (Lipinski definition) is 15. The van der Waals surface area contributed by atoms with Crippen molar-refractivity contribution in [2.24, 2.45) is 5.92 Å². The molecule has 2 aromatic carbocycles. The van der Waals surface area contributed by atoms with Gasteiger partial charge in [0.25, 0.3) is 10.2 Å². The zero-order valence-electron chi connectivity index (χ0n) is 30.8. The number of carbonyl (C=O) groups is 3. The van der Waals surface area contributed by atoms with Gasteiger partial charge in [-0.15, -0.1) is 30.4 Å². The fraction of sp³-hybridized carbons (Fsp3) is 0.472. The van der Waals surface area contributed by atoms with Crippen molar-refractivity contribution < 1.29 is 43.7 Å². The first-order valence-corrected chi connectivity index (χ1v) is 18.5. The summed E-state index contributed by atoms with van der Waals surface area (Å²) in [6.45, 7) is 1.88. The molecule has 0 saturated heterocycles. The third kappa shape index (κ3) is 13.4. The lowest BCUT2D eigenvalue weighted by Gasteiger charge is -2.17. The molecule has 300 valence electrons. The van der Waals surface area contributed by atoms with Crippen molar-refractivity contribution in [1.82, 2.24) is 30.2 Å². The van der Waals surface area contributed by atoms with Gasteiger partial charge in [-0.05, 0) is 60.4 Å². The molecule has 1 N–H and O–H groups in total. The number of aromatic amines is 1. The normalized spacial score (nSPS) is 11.5. The molecule has 0 amide bonds. The Morgan fingerprint density at radius 2 is 1.52 bits per heavy atom. The molecule has 0 fully saturated rings. The van der Waals surface area contributed by atoms with E-state index >= 15 is 0 Å². The predicted octanol–water partition coefficient (Wildman–Crippen LogP) is 5.81. The first kappa shape index (κ1) is 42.8. The van der Waals surface area contributed by atoms with Crippen LogP contribution in [0.2, 0.25) is 5.15 Å². The number of nitrogens with one attached hydrogen (secondary N) is 1. The van der Waals surface area contributed by atoms with Crippen LogP contribution in [-0.4, -0.2) is 84.5 Å². The van der Waals surface area contributed by atoms with Gasteiger partial charge in [0.1, 0.15) is 11.5 Å². The van der Waals surface area contributed by atoms with Gasteiger partial charge in [-0.1, -0.05) is 73.5 Å². The molecule has 19 nitrogen and oxygen atoms in total. The maximum Gasteiger partial charge on any atom is 0.309 e. The van der Waals surface area contributed by atoms with E-state index in [1.165, 1.54) is 0 Å². The summed E-state index contributed by atoms with van der Waals surface area (Å²) >= 11 is 6.65. The SMILES string of the molecule is CCCCc1nc(Cl)c(C(=O)CC(CCC(=O)OCCCCO[N+](=O)[O-])C(=O)OCCCCO[N+](=O)[O-])n1Cc1ccc(-c2ccccc2-c2nn[nH]n2)cc1. The van der Waals surface area contributed by atoms with Crippen LogP contribution in [0.3, 0.4) is 0 Å². The van der Waals surface area contributed by atoms with E-state index in [0.29, 0.717) is 30.9 Å². The summed E-state index contributed by atoms with van der Waals surface area (Å²) in [5, 5.41) is 33.3. The van der Waals surface area contributed by atoms with Gasteiger partial charge in [0, 0.05) is 31.4 Å². The highest BCUT2D eigenvalue weighted by Gasteiger charge is 2.29. The summed E-state index contributed by atoms with van der Waals surface area (Å²) < 4.78 is 12.4. The molecule has 0 spiro atoms. The van der Waals surface area contributed by atoms with Crippen LogP contribution in [0.15, 0.2) is 48.5 Å². The maximum absolute atomic E-state index is 14.1. The van der Waals surface area contributed by atoms with Crippen LogP contribution in [0.5, 0.6) is 0 Å². The number of halogens is 1. The lowest BCUT2D eigenvalue weighted by Crippen LogP contribution is -2.24. The molecule has 0 bridgehead atoms. The van der Waals surface area contributed by atoms with E-state index in [1.807, 2.05) is 55.5 Å². The van der Waals surface area contributed by atoms with Gasteiger partial charge in [-0.25, -0.2) is 4.98 Å². The highest BCUT2D eigenvalue weighted by Crippen LogP contribution is 2.31. The minimum atomic E-state index is -1.06. The van der Waals surface area contributed by atoms with Crippen LogP contribution in [-0.2, 0) is 41.7 Å². The highest BCUT2D eigenvalue weighted by molar-refractivity contribution is 6.32. The zero-order valence-corrected chi connectivity index (χ0v) is 31.6. The van der Waals surface area contributed by atoms with Crippen molar-refractivity contribution in [3.05, 3.63) is 91.0 Å². The average molecular weight is 799 g/mol. The van der Waals surface area contributed by atoms with Crippen molar-refractivity contribution in [2.45, 2.75) is 77.7 Å². The number of aryl methyl sites for hydroxylation is 1. The minimum Gasteiger partial charge on any atom is -0.466 e. The molecule has 4 aromatic rings. The summed E-state index contributed by atoms with van der Waals surface area (Å²) in [5.74, 6) is -1.83. The van der Waals surface area contributed by atoms with Gasteiger partial charge < -0.3 is 23.7 Å². The van der Waals surface area contributed by atoms with Gasteiger partial charge >= 0.3 is 11.9 Å². The number of aromatic nitrogens is 6. The number of ether oxygens (including phenoxy) is 2. The number of Topliss-reactive ketones (excluding diaryl/α,β-unsaturated/α-hetero) is 1. The molecular formula is C36H43ClN8O11. The van der Waals surface area contributed by atoms with E-state index in [4.69, 9.17) is 21.1 Å². The first-order valence-electron chi connectivity index (χ1n) is 18.1. The Morgan fingerprint density at radius 3 is 2.14 bits per heavy atom.